The molecule has 1 fully saturated rings. The van der Waals surface area contributed by atoms with Crippen LogP contribution in [0.25, 0.3) is 0 Å². The standard InChI is InChI=1S/C10H13BFNO4/c12-10-8(11(14)15)1-2-9(13-10)17-7-3-5-16-6-4-7/h1-2,7,14-15H,3-6H2. The van der Waals surface area contributed by atoms with Crippen molar-refractivity contribution >= 4 is 12.6 Å². The molecule has 0 atom stereocenters. The van der Waals surface area contributed by atoms with E-state index in [-0.39, 0.29) is 17.4 Å². The van der Waals surface area contributed by atoms with Gasteiger partial charge in [0.15, 0.2) is 0 Å². The molecule has 2 heterocycles. The van der Waals surface area contributed by atoms with Gasteiger partial charge in [-0.15, -0.1) is 0 Å². The van der Waals surface area contributed by atoms with Gasteiger partial charge in [-0.05, 0) is 0 Å². The fourth-order valence-corrected chi connectivity index (χ4v) is 1.65. The molecule has 1 saturated heterocycles. The Balaban J connectivity index is 2.04. The first kappa shape index (κ1) is 12.3. The number of rotatable bonds is 3. The van der Waals surface area contributed by atoms with E-state index in [2.05, 4.69) is 4.98 Å². The maximum absolute atomic E-state index is 13.3. The van der Waals surface area contributed by atoms with Gasteiger partial charge in [0.25, 0.3) is 0 Å². The molecule has 1 aromatic heterocycles. The lowest BCUT2D eigenvalue weighted by atomic mass is 9.81. The summed E-state index contributed by atoms with van der Waals surface area (Å²) in [6.45, 7) is 1.25. The molecule has 7 heteroatoms. The predicted octanol–water partition coefficient (Wildman–Crippen LogP) is -0.542. The van der Waals surface area contributed by atoms with Crippen LogP contribution in [0.2, 0.25) is 0 Å². The van der Waals surface area contributed by atoms with Gasteiger partial charge in [-0.1, -0.05) is 6.07 Å². The summed E-state index contributed by atoms with van der Waals surface area (Å²) in [5, 5.41) is 17.7. The minimum absolute atomic E-state index is 0.0273. The third kappa shape index (κ3) is 3.15. The van der Waals surface area contributed by atoms with Crippen molar-refractivity contribution in [3.63, 3.8) is 0 Å². The first-order valence-electron chi connectivity index (χ1n) is 5.44. The highest BCUT2D eigenvalue weighted by molar-refractivity contribution is 6.58. The summed E-state index contributed by atoms with van der Waals surface area (Å²) in [5.74, 6) is -0.775. The molecule has 5 nitrogen and oxygen atoms in total. The highest BCUT2D eigenvalue weighted by Gasteiger charge is 2.20. The lowest BCUT2D eigenvalue weighted by Gasteiger charge is -2.22. The smallest absolute Gasteiger partial charge is 0.474 e. The Kier molecular flexibility index (Phi) is 3.93. The maximum Gasteiger partial charge on any atom is 0.493 e. The second kappa shape index (κ2) is 5.44. The van der Waals surface area contributed by atoms with E-state index in [0.717, 1.165) is 12.8 Å². The zero-order valence-electron chi connectivity index (χ0n) is 9.17. The fourth-order valence-electron chi connectivity index (χ4n) is 1.65. The van der Waals surface area contributed by atoms with Gasteiger partial charge < -0.3 is 19.5 Å². The zero-order chi connectivity index (χ0) is 12.3. The second-order valence-electron chi connectivity index (χ2n) is 3.83. The van der Waals surface area contributed by atoms with Crippen LogP contribution in [0, 0.1) is 5.95 Å². The Labute approximate surface area is 98.3 Å². The number of hydrogen-bond acceptors (Lipinski definition) is 5. The summed E-state index contributed by atoms with van der Waals surface area (Å²) in [7, 11) is -1.86. The van der Waals surface area contributed by atoms with E-state index in [4.69, 9.17) is 19.5 Å². The van der Waals surface area contributed by atoms with Crippen molar-refractivity contribution in [2.45, 2.75) is 18.9 Å². The summed E-state index contributed by atoms with van der Waals surface area (Å²) >= 11 is 0. The normalized spacial score (nSPS) is 16.9. The Morgan fingerprint density at radius 1 is 1.35 bits per heavy atom. The van der Waals surface area contributed by atoms with Crippen LogP contribution in [0.4, 0.5) is 4.39 Å². The molecule has 0 amide bonds. The third-order valence-electron chi connectivity index (χ3n) is 2.59. The highest BCUT2D eigenvalue weighted by atomic mass is 19.1. The molecule has 2 N–H and O–H groups in total. The lowest BCUT2D eigenvalue weighted by Crippen LogP contribution is -2.34. The fraction of sp³-hybridized carbons (Fsp3) is 0.500. The van der Waals surface area contributed by atoms with E-state index in [1.54, 1.807) is 0 Å². The molecular weight excluding hydrogens is 228 g/mol. The maximum atomic E-state index is 13.3. The molecule has 1 aliphatic rings. The van der Waals surface area contributed by atoms with Gasteiger partial charge in [0.05, 0.1) is 13.2 Å². The molecule has 0 radical (unpaired) electrons. The molecule has 0 aliphatic carbocycles. The SMILES string of the molecule is OB(O)c1ccc(OC2CCOCC2)nc1F. The number of pyridine rings is 1. The van der Waals surface area contributed by atoms with Gasteiger partial charge >= 0.3 is 7.12 Å². The number of hydrogen-bond donors (Lipinski definition) is 2. The Bertz CT molecular complexity index is 385. The number of ether oxygens (including phenoxy) is 2. The average molecular weight is 241 g/mol. The molecular formula is C10H13BFNO4. The van der Waals surface area contributed by atoms with Gasteiger partial charge in [0, 0.05) is 24.4 Å². The van der Waals surface area contributed by atoms with Crippen molar-refractivity contribution in [2.75, 3.05) is 13.2 Å². The van der Waals surface area contributed by atoms with Crippen LogP contribution in [-0.4, -0.2) is 41.5 Å². The zero-order valence-corrected chi connectivity index (χ0v) is 9.17. The molecule has 1 aliphatic heterocycles. The number of halogens is 1. The number of aromatic nitrogens is 1. The van der Waals surface area contributed by atoms with Crippen LogP contribution in [0.1, 0.15) is 12.8 Å². The number of nitrogens with zero attached hydrogens (tertiary/aromatic N) is 1. The summed E-state index contributed by atoms with van der Waals surface area (Å²) in [6, 6.07) is 2.68. The van der Waals surface area contributed by atoms with Gasteiger partial charge in [-0.25, -0.2) is 0 Å². The van der Waals surface area contributed by atoms with Gasteiger partial charge in [-0.2, -0.15) is 9.37 Å². The topological polar surface area (TPSA) is 71.8 Å². The monoisotopic (exact) mass is 241 g/mol. The predicted molar refractivity (Wildman–Crippen MR) is 58.5 cm³/mol. The van der Waals surface area contributed by atoms with E-state index in [9.17, 15) is 4.39 Å². The Hall–Kier alpha value is -1.18. The summed E-state index contributed by atoms with van der Waals surface area (Å²) in [6.07, 6.45) is 1.46. The van der Waals surface area contributed by atoms with Crippen LogP contribution >= 0.6 is 0 Å². The van der Waals surface area contributed by atoms with E-state index >= 15 is 0 Å². The Morgan fingerprint density at radius 2 is 2.06 bits per heavy atom. The molecule has 17 heavy (non-hydrogen) atoms. The molecule has 92 valence electrons. The Morgan fingerprint density at radius 3 is 2.65 bits per heavy atom. The largest absolute Gasteiger partial charge is 0.493 e. The quantitative estimate of drug-likeness (QED) is 0.549. The van der Waals surface area contributed by atoms with Gasteiger partial charge in [0.1, 0.15) is 6.10 Å². The van der Waals surface area contributed by atoms with Crippen molar-refractivity contribution in [3.05, 3.63) is 18.1 Å². The first-order chi connectivity index (χ1) is 8.16. The lowest BCUT2D eigenvalue weighted by molar-refractivity contribution is 0.0234. The average Bonchev–Trinajstić information content (AvgIpc) is 2.30. The van der Waals surface area contributed by atoms with Crippen LogP contribution in [0.3, 0.4) is 0 Å². The van der Waals surface area contributed by atoms with Crippen molar-refractivity contribution in [1.82, 2.24) is 4.98 Å². The van der Waals surface area contributed by atoms with Crippen LogP contribution < -0.4 is 10.2 Å². The summed E-state index contributed by atoms with van der Waals surface area (Å²) in [5.41, 5.74) is -0.260. The first-order valence-corrected chi connectivity index (χ1v) is 5.44. The third-order valence-corrected chi connectivity index (χ3v) is 2.59. The highest BCUT2D eigenvalue weighted by Crippen LogP contribution is 2.15. The molecule has 0 spiro atoms. The van der Waals surface area contributed by atoms with Crippen molar-refractivity contribution in [1.29, 1.82) is 0 Å². The van der Waals surface area contributed by atoms with Crippen molar-refractivity contribution in [3.8, 4) is 5.88 Å². The summed E-state index contributed by atoms with van der Waals surface area (Å²) < 4.78 is 24.0. The second-order valence-corrected chi connectivity index (χ2v) is 3.83. The van der Waals surface area contributed by atoms with Crippen molar-refractivity contribution in [2.24, 2.45) is 0 Å². The van der Waals surface area contributed by atoms with Crippen LogP contribution in [0.15, 0.2) is 12.1 Å². The van der Waals surface area contributed by atoms with E-state index in [1.165, 1.54) is 12.1 Å². The van der Waals surface area contributed by atoms with E-state index in [1.807, 2.05) is 0 Å². The molecule has 2 rings (SSSR count). The molecule has 0 bridgehead atoms. The minimum Gasteiger partial charge on any atom is -0.474 e. The van der Waals surface area contributed by atoms with Gasteiger partial charge in [-0.3, -0.25) is 0 Å². The van der Waals surface area contributed by atoms with Crippen molar-refractivity contribution < 1.29 is 23.9 Å². The summed E-state index contributed by atoms with van der Waals surface area (Å²) in [4.78, 5) is 3.54. The molecule has 0 aromatic carbocycles. The minimum atomic E-state index is -1.86. The van der Waals surface area contributed by atoms with E-state index < -0.39 is 13.1 Å². The van der Waals surface area contributed by atoms with Crippen LogP contribution in [-0.2, 0) is 4.74 Å². The van der Waals surface area contributed by atoms with Gasteiger partial charge in [0.2, 0.25) is 11.8 Å². The molecule has 1 aromatic rings. The van der Waals surface area contributed by atoms with Crippen LogP contribution in [0.5, 0.6) is 5.88 Å². The molecule has 0 unspecified atom stereocenters. The van der Waals surface area contributed by atoms with E-state index in [0.29, 0.717) is 13.2 Å². The molecule has 0 saturated carbocycles.